The smallest absolute Gasteiger partial charge is 0.225 e. The summed E-state index contributed by atoms with van der Waals surface area (Å²) in [5, 5.41) is 6.25. The summed E-state index contributed by atoms with van der Waals surface area (Å²) in [4.78, 5) is 31.1. The number of amides is 2. The molecule has 132 valence electrons. The fourth-order valence-electron chi connectivity index (χ4n) is 3.12. The lowest BCUT2D eigenvalue weighted by atomic mass is 9.95. The molecule has 2 amide bonds. The summed E-state index contributed by atoms with van der Waals surface area (Å²) in [6, 6.07) is -0.0626. The highest BCUT2D eigenvalue weighted by Crippen LogP contribution is 2.32. The second-order valence-corrected chi connectivity index (χ2v) is 8.26. The standard InChI is InChI=1S/C18H27N3O2S/c1-11(2)17-20-15(10-24-17)12(3)19-16(22)13-6-8-21(9-7-13)18(23)14-4-5-14/h10-14H,4-9H2,1-3H3,(H,19,22). The number of rotatable bonds is 5. The third kappa shape index (κ3) is 3.97. The summed E-state index contributed by atoms with van der Waals surface area (Å²) in [6.45, 7) is 7.68. The summed E-state index contributed by atoms with van der Waals surface area (Å²) < 4.78 is 0. The van der Waals surface area contributed by atoms with Crippen molar-refractivity contribution in [2.45, 2.75) is 58.4 Å². The van der Waals surface area contributed by atoms with E-state index in [1.54, 1.807) is 11.3 Å². The van der Waals surface area contributed by atoms with Gasteiger partial charge in [0.05, 0.1) is 16.7 Å². The van der Waals surface area contributed by atoms with Crippen LogP contribution in [0.3, 0.4) is 0 Å². The van der Waals surface area contributed by atoms with Crippen LogP contribution in [0.4, 0.5) is 0 Å². The molecule has 1 saturated heterocycles. The van der Waals surface area contributed by atoms with Crippen molar-refractivity contribution < 1.29 is 9.59 Å². The number of hydrogen-bond acceptors (Lipinski definition) is 4. The zero-order valence-corrected chi connectivity index (χ0v) is 15.6. The van der Waals surface area contributed by atoms with Gasteiger partial charge in [0.1, 0.15) is 0 Å². The van der Waals surface area contributed by atoms with Crippen molar-refractivity contribution >= 4 is 23.2 Å². The van der Waals surface area contributed by atoms with Gasteiger partial charge in [0.25, 0.3) is 0 Å². The Morgan fingerprint density at radius 1 is 1.17 bits per heavy atom. The Kier molecular flexibility index (Phi) is 5.23. The van der Waals surface area contributed by atoms with Crippen LogP contribution >= 0.6 is 11.3 Å². The first-order chi connectivity index (χ1) is 11.5. The van der Waals surface area contributed by atoms with Gasteiger partial charge in [-0.1, -0.05) is 13.8 Å². The largest absolute Gasteiger partial charge is 0.348 e. The lowest BCUT2D eigenvalue weighted by Gasteiger charge is -2.32. The van der Waals surface area contributed by atoms with Crippen molar-refractivity contribution in [3.05, 3.63) is 16.1 Å². The molecule has 1 atom stereocenters. The van der Waals surface area contributed by atoms with Gasteiger partial charge in [0.15, 0.2) is 0 Å². The summed E-state index contributed by atoms with van der Waals surface area (Å²) >= 11 is 1.65. The van der Waals surface area contributed by atoms with Gasteiger partial charge in [-0.3, -0.25) is 9.59 Å². The van der Waals surface area contributed by atoms with Crippen LogP contribution < -0.4 is 5.32 Å². The normalized spacial score (nSPS) is 20.2. The number of likely N-dealkylation sites (tertiary alicyclic amines) is 1. The van der Waals surface area contributed by atoms with Gasteiger partial charge in [0, 0.05) is 36.2 Å². The highest BCUT2D eigenvalue weighted by molar-refractivity contribution is 7.09. The molecule has 1 aliphatic heterocycles. The highest BCUT2D eigenvalue weighted by atomic mass is 32.1. The minimum atomic E-state index is -0.0626. The van der Waals surface area contributed by atoms with Crippen molar-refractivity contribution in [3.8, 4) is 0 Å². The molecule has 2 fully saturated rings. The van der Waals surface area contributed by atoms with Crippen LogP contribution in [0.25, 0.3) is 0 Å². The van der Waals surface area contributed by atoms with Crippen LogP contribution in [0.1, 0.15) is 69.1 Å². The molecule has 2 aliphatic rings. The molecule has 3 rings (SSSR count). The molecule has 1 aliphatic carbocycles. The molecule has 1 N–H and O–H groups in total. The van der Waals surface area contributed by atoms with Crippen molar-refractivity contribution in [3.63, 3.8) is 0 Å². The molecule has 0 spiro atoms. The Hall–Kier alpha value is -1.43. The fourth-order valence-corrected chi connectivity index (χ4v) is 4.05. The molecule has 1 saturated carbocycles. The molecule has 0 bridgehead atoms. The number of piperidine rings is 1. The highest BCUT2D eigenvalue weighted by Gasteiger charge is 2.36. The molecule has 5 nitrogen and oxygen atoms in total. The lowest BCUT2D eigenvalue weighted by molar-refractivity contribution is -0.136. The van der Waals surface area contributed by atoms with E-state index >= 15 is 0 Å². The van der Waals surface area contributed by atoms with E-state index in [1.165, 1.54) is 0 Å². The average molecular weight is 350 g/mol. The number of nitrogens with zero attached hydrogens (tertiary/aromatic N) is 2. The molecule has 6 heteroatoms. The maximum atomic E-state index is 12.5. The van der Waals surface area contributed by atoms with Crippen LogP contribution in [0.2, 0.25) is 0 Å². The number of thiazole rings is 1. The van der Waals surface area contributed by atoms with E-state index < -0.39 is 0 Å². The maximum Gasteiger partial charge on any atom is 0.225 e. The quantitative estimate of drug-likeness (QED) is 0.888. The zero-order chi connectivity index (χ0) is 17.3. The topological polar surface area (TPSA) is 62.3 Å². The van der Waals surface area contributed by atoms with E-state index in [2.05, 4.69) is 24.1 Å². The minimum absolute atomic E-state index is 0.0129. The fraction of sp³-hybridized carbons (Fsp3) is 0.722. The molecule has 24 heavy (non-hydrogen) atoms. The van der Waals surface area contributed by atoms with E-state index in [0.717, 1.165) is 49.5 Å². The molecular formula is C18H27N3O2S. The van der Waals surface area contributed by atoms with Gasteiger partial charge in [-0.15, -0.1) is 11.3 Å². The minimum Gasteiger partial charge on any atom is -0.348 e. The Labute approximate surface area is 147 Å². The first-order valence-electron chi connectivity index (χ1n) is 9.00. The van der Waals surface area contributed by atoms with Gasteiger partial charge in [-0.2, -0.15) is 0 Å². The Balaban J connectivity index is 1.48. The lowest BCUT2D eigenvalue weighted by Crippen LogP contribution is -2.44. The summed E-state index contributed by atoms with van der Waals surface area (Å²) in [5.41, 5.74) is 0.943. The zero-order valence-electron chi connectivity index (χ0n) is 14.7. The third-order valence-corrected chi connectivity index (χ3v) is 6.10. The Morgan fingerprint density at radius 2 is 1.83 bits per heavy atom. The van der Waals surface area contributed by atoms with Crippen LogP contribution in [-0.2, 0) is 9.59 Å². The first-order valence-corrected chi connectivity index (χ1v) is 9.88. The monoisotopic (exact) mass is 349 g/mol. The van der Waals surface area contributed by atoms with Crippen LogP contribution in [-0.4, -0.2) is 34.8 Å². The predicted octanol–water partition coefficient (Wildman–Crippen LogP) is 3.09. The SMILES string of the molecule is CC(C)c1nc(C(C)NC(=O)C2CCN(C(=O)C3CC3)CC2)cs1. The summed E-state index contributed by atoms with van der Waals surface area (Å²) in [7, 11) is 0. The number of aromatic nitrogens is 1. The summed E-state index contributed by atoms with van der Waals surface area (Å²) in [5.74, 6) is 1.10. The van der Waals surface area contributed by atoms with Gasteiger partial charge < -0.3 is 10.2 Å². The molecule has 2 heterocycles. The molecule has 1 aromatic heterocycles. The Morgan fingerprint density at radius 3 is 2.38 bits per heavy atom. The van der Waals surface area contributed by atoms with Crippen molar-refractivity contribution in [1.82, 2.24) is 15.2 Å². The van der Waals surface area contributed by atoms with Gasteiger partial charge in [0.2, 0.25) is 11.8 Å². The molecule has 0 radical (unpaired) electrons. The molecule has 1 unspecified atom stereocenters. The molecule has 0 aromatic carbocycles. The second-order valence-electron chi connectivity index (χ2n) is 7.37. The van der Waals surface area contributed by atoms with Crippen molar-refractivity contribution in [2.75, 3.05) is 13.1 Å². The molecular weight excluding hydrogens is 322 g/mol. The second kappa shape index (κ2) is 7.21. The van der Waals surface area contributed by atoms with Gasteiger partial charge in [-0.05, 0) is 32.6 Å². The first kappa shape index (κ1) is 17.4. The van der Waals surface area contributed by atoms with E-state index in [9.17, 15) is 9.59 Å². The third-order valence-electron chi connectivity index (χ3n) is 4.94. The van der Waals surface area contributed by atoms with E-state index in [0.29, 0.717) is 11.8 Å². The molecule has 1 aromatic rings. The van der Waals surface area contributed by atoms with Gasteiger partial charge >= 0.3 is 0 Å². The number of carbonyl (C=O) groups is 2. The van der Waals surface area contributed by atoms with Crippen LogP contribution in [0.5, 0.6) is 0 Å². The van der Waals surface area contributed by atoms with E-state index in [-0.39, 0.29) is 23.8 Å². The summed E-state index contributed by atoms with van der Waals surface area (Å²) in [6.07, 6.45) is 3.63. The number of carbonyl (C=O) groups excluding carboxylic acids is 2. The van der Waals surface area contributed by atoms with Crippen LogP contribution in [0.15, 0.2) is 5.38 Å². The number of nitrogens with one attached hydrogen (secondary N) is 1. The van der Waals surface area contributed by atoms with Gasteiger partial charge in [-0.25, -0.2) is 4.98 Å². The average Bonchev–Trinajstić information content (AvgIpc) is 3.29. The predicted molar refractivity (Wildman–Crippen MR) is 94.8 cm³/mol. The van der Waals surface area contributed by atoms with Crippen LogP contribution in [0, 0.1) is 11.8 Å². The van der Waals surface area contributed by atoms with Crippen molar-refractivity contribution in [1.29, 1.82) is 0 Å². The van der Waals surface area contributed by atoms with Crippen molar-refractivity contribution in [2.24, 2.45) is 11.8 Å². The van der Waals surface area contributed by atoms with E-state index in [4.69, 9.17) is 0 Å². The Bertz CT molecular complexity index is 601. The number of hydrogen-bond donors (Lipinski definition) is 1. The van der Waals surface area contributed by atoms with E-state index in [1.807, 2.05) is 17.2 Å². The maximum absolute atomic E-state index is 12.5.